The number of rotatable bonds is 6. The zero-order valence-electron chi connectivity index (χ0n) is 13.7. The van der Waals surface area contributed by atoms with E-state index in [1.807, 2.05) is 61.5 Å². The van der Waals surface area contributed by atoms with Gasteiger partial charge in [-0.15, -0.1) is 12.4 Å². The van der Waals surface area contributed by atoms with Crippen LogP contribution in [0.15, 0.2) is 54.6 Å². The number of ether oxygens (including phenoxy) is 1. The van der Waals surface area contributed by atoms with Gasteiger partial charge in [-0.25, -0.2) is 0 Å². The Labute approximate surface area is 149 Å². The number of hydrogen-bond donors (Lipinski definition) is 2. The van der Waals surface area contributed by atoms with Crippen LogP contribution >= 0.6 is 12.4 Å². The summed E-state index contributed by atoms with van der Waals surface area (Å²) in [6.07, 6.45) is 0. The average Bonchev–Trinajstić information content (AvgIpc) is 2.53. The van der Waals surface area contributed by atoms with Crippen LogP contribution in [0.3, 0.4) is 0 Å². The molecule has 24 heavy (non-hydrogen) atoms. The van der Waals surface area contributed by atoms with Gasteiger partial charge in [0.2, 0.25) is 5.91 Å². The van der Waals surface area contributed by atoms with Crippen molar-refractivity contribution in [3.8, 4) is 11.5 Å². The van der Waals surface area contributed by atoms with E-state index in [0.717, 1.165) is 30.2 Å². The van der Waals surface area contributed by atoms with Gasteiger partial charge in [0.1, 0.15) is 11.5 Å². The Kier molecular flexibility index (Phi) is 6.64. The van der Waals surface area contributed by atoms with Crippen molar-refractivity contribution in [3.05, 3.63) is 60.2 Å². The minimum absolute atomic E-state index is 0. The predicted molar refractivity (Wildman–Crippen MR) is 97.6 cm³/mol. The molecule has 0 aliphatic carbocycles. The lowest BCUT2D eigenvalue weighted by Crippen LogP contribution is -2.49. The molecule has 0 spiro atoms. The minimum Gasteiger partial charge on any atom is -0.457 e. The summed E-state index contributed by atoms with van der Waals surface area (Å²) >= 11 is 0. The molecule has 1 atom stereocenters. The van der Waals surface area contributed by atoms with Crippen molar-refractivity contribution in [1.29, 1.82) is 0 Å². The maximum atomic E-state index is 12.1. The molecule has 2 N–H and O–H groups in total. The average molecular weight is 347 g/mol. The van der Waals surface area contributed by atoms with E-state index in [1.54, 1.807) is 0 Å². The smallest absolute Gasteiger partial charge is 0.223 e. The van der Waals surface area contributed by atoms with Gasteiger partial charge in [-0.05, 0) is 48.8 Å². The second-order valence-electron chi connectivity index (χ2n) is 5.98. The second kappa shape index (κ2) is 8.71. The Morgan fingerprint density at radius 2 is 1.75 bits per heavy atom. The molecule has 1 amide bonds. The quantitative estimate of drug-likeness (QED) is 0.843. The molecule has 1 heterocycles. The Hall–Kier alpha value is -2.04. The molecule has 0 radical (unpaired) electrons. The molecule has 1 fully saturated rings. The molecule has 2 aromatic carbocycles. The zero-order valence-corrected chi connectivity index (χ0v) is 14.5. The van der Waals surface area contributed by atoms with E-state index in [0.29, 0.717) is 12.5 Å². The maximum absolute atomic E-state index is 12.1. The molecule has 0 bridgehead atoms. The van der Waals surface area contributed by atoms with E-state index >= 15 is 0 Å². The highest BCUT2D eigenvalue weighted by atomic mass is 35.5. The summed E-state index contributed by atoms with van der Waals surface area (Å²) in [7, 11) is 0. The van der Waals surface area contributed by atoms with Crippen LogP contribution in [-0.4, -0.2) is 19.0 Å². The molecule has 1 unspecified atom stereocenters. The number of para-hydroxylation sites is 1. The minimum atomic E-state index is 0. The van der Waals surface area contributed by atoms with Gasteiger partial charge < -0.3 is 15.4 Å². The van der Waals surface area contributed by atoms with Crippen LogP contribution in [-0.2, 0) is 11.3 Å². The highest BCUT2D eigenvalue weighted by Crippen LogP contribution is 2.21. The van der Waals surface area contributed by atoms with Crippen LogP contribution in [0.25, 0.3) is 0 Å². The van der Waals surface area contributed by atoms with E-state index < -0.39 is 0 Å². The number of hydrogen-bond acceptors (Lipinski definition) is 3. The molecule has 0 aromatic heterocycles. The van der Waals surface area contributed by atoms with E-state index in [9.17, 15) is 4.79 Å². The molecule has 2 aromatic rings. The Morgan fingerprint density at radius 3 is 2.33 bits per heavy atom. The first-order valence-corrected chi connectivity index (χ1v) is 8.02. The fourth-order valence-electron chi connectivity index (χ4n) is 2.53. The summed E-state index contributed by atoms with van der Waals surface area (Å²) in [6, 6.07) is 17.5. The number of amides is 1. The molecular formula is C19H23ClN2O2. The molecule has 5 heteroatoms. The largest absolute Gasteiger partial charge is 0.457 e. The summed E-state index contributed by atoms with van der Waals surface area (Å²) in [4.78, 5) is 12.1. The lowest BCUT2D eigenvalue weighted by Gasteiger charge is -2.31. The van der Waals surface area contributed by atoms with Crippen molar-refractivity contribution in [2.45, 2.75) is 13.5 Å². The van der Waals surface area contributed by atoms with Gasteiger partial charge in [0.05, 0.1) is 0 Å². The van der Waals surface area contributed by atoms with Gasteiger partial charge in [0.15, 0.2) is 0 Å². The van der Waals surface area contributed by atoms with Crippen LogP contribution in [0.1, 0.15) is 12.5 Å². The summed E-state index contributed by atoms with van der Waals surface area (Å²) in [5.41, 5.74) is 1.07. The molecule has 1 aliphatic heterocycles. The zero-order chi connectivity index (χ0) is 16.1. The highest BCUT2D eigenvalue weighted by Gasteiger charge is 2.28. The number of nitrogens with one attached hydrogen (secondary N) is 2. The standard InChI is InChI=1S/C19H22N2O2.ClH/c1-14(16-12-20-13-16)19(22)21-11-15-7-9-18(10-8-15)23-17-5-3-2-4-6-17;/h2-10,14,16,20H,11-13H2,1H3,(H,21,22);1H. The summed E-state index contributed by atoms with van der Waals surface area (Å²) in [5.74, 6) is 2.27. The van der Waals surface area contributed by atoms with Crippen molar-refractivity contribution in [2.24, 2.45) is 11.8 Å². The van der Waals surface area contributed by atoms with Crippen LogP contribution in [0.4, 0.5) is 0 Å². The molecule has 1 saturated heterocycles. The van der Waals surface area contributed by atoms with Crippen LogP contribution < -0.4 is 15.4 Å². The molecule has 128 valence electrons. The van der Waals surface area contributed by atoms with Crippen molar-refractivity contribution in [2.75, 3.05) is 13.1 Å². The van der Waals surface area contributed by atoms with Crippen molar-refractivity contribution < 1.29 is 9.53 Å². The lowest BCUT2D eigenvalue weighted by molar-refractivity contribution is -0.126. The Bertz CT molecular complexity index is 642. The van der Waals surface area contributed by atoms with Crippen molar-refractivity contribution in [1.82, 2.24) is 10.6 Å². The maximum Gasteiger partial charge on any atom is 0.223 e. The number of halogens is 1. The fourth-order valence-corrected chi connectivity index (χ4v) is 2.53. The summed E-state index contributed by atoms with van der Waals surface area (Å²) in [6.45, 7) is 4.44. The van der Waals surface area contributed by atoms with E-state index in [-0.39, 0.29) is 24.2 Å². The first kappa shape index (κ1) is 18.3. The topological polar surface area (TPSA) is 50.4 Å². The Balaban J connectivity index is 0.00000208. The SMILES string of the molecule is CC(C(=O)NCc1ccc(Oc2ccccc2)cc1)C1CNC1.Cl. The van der Waals surface area contributed by atoms with E-state index in [1.165, 1.54) is 0 Å². The number of carbonyl (C=O) groups is 1. The van der Waals surface area contributed by atoms with Crippen LogP contribution in [0.2, 0.25) is 0 Å². The van der Waals surface area contributed by atoms with Gasteiger partial charge in [-0.2, -0.15) is 0 Å². The highest BCUT2D eigenvalue weighted by molar-refractivity contribution is 5.85. The normalized spacial score (nSPS) is 14.9. The first-order valence-electron chi connectivity index (χ1n) is 8.02. The molecule has 0 saturated carbocycles. The monoisotopic (exact) mass is 346 g/mol. The fraction of sp³-hybridized carbons (Fsp3) is 0.316. The Morgan fingerprint density at radius 1 is 1.12 bits per heavy atom. The van der Waals surface area contributed by atoms with Gasteiger partial charge in [-0.1, -0.05) is 37.3 Å². The lowest BCUT2D eigenvalue weighted by atomic mass is 9.88. The van der Waals surface area contributed by atoms with Gasteiger partial charge >= 0.3 is 0 Å². The van der Waals surface area contributed by atoms with Gasteiger partial charge in [-0.3, -0.25) is 4.79 Å². The molecule has 1 aliphatic rings. The molecular weight excluding hydrogens is 324 g/mol. The summed E-state index contributed by atoms with van der Waals surface area (Å²) in [5, 5.41) is 6.21. The number of benzene rings is 2. The van der Waals surface area contributed by atoms with E-state index in [2.05, 4.69) is 10.6 Å². The van der Waals surface area contributed by atoms with Crippen molar-refractivity contribution >= 4 is 18.3 Å². The third-order valence-electron chi connectivity index (χ3n) is 4.30. The molecule has 4 nitrogen and oxygen atoms in total. The van der Waals surface area contributed by atoms with Crippen molar-refractivity contribution in [3.63, 3.8) is 0 Å². The van der Waals surface area contributed by atoms with E-state index in [4.69, 9.17) is 4.74 Å². The van der Waals surface area contributed by atoms with Crippen LogP contribution in [0.5, 0.6) is 11.5 Å². The summed E-state index contributed by atoms with van der Waals surface area (Å²) < 4.78 is 5.76. The predicted octanol–water partition coefficient (Wildman–Crippen LogP) is 3.37. The number of carbonyl (C=O) groups excluding carboxylic acids is 1. The third kappa shape index (κ3) is 4.73. The van der Waals surface area contributed by atoms with Crippen LogP contribution in [0, 0.1) is 11.8 Å². The van der Waals surface area contributed by atoms with Gasteiger partial charge in [0, 0.05) is 12.5 Å². The molecule has 3 rings (SSSR count). The first-order chi connectivity index (χ1) is 11.2. The van der Waals surface area contributed by atoms with Gasteiger partial charge in [0.25, 0.3) is 0 Å². The third-order valence-corrected chi connectivity index (χ3v) is 4.30. The second-order valence-corrected chi connectivity index (χ2v) is 5.98.